The highest BCUT2D eigenvalue weighted by Crippen LogP contribution is 2.36. The number of benzene rings is 2. The smallest absolute Gasteiger partial charge is 0.243 e. The molecule has 1 N–H and O–H groups in total. The van der Waals surface area contributed by atoms with Crippen LogP contribution < -0.4 is 4.72 Å². The van der Waals surface area contributed by atoms with Crippen LogP contribution in [0.2, 0.25) is 0 Å². The number of thiazole rings is 1. The van der Waals surface area contributed by atoms with Crippen molar-refractivity contribution in [2.75, 3.05) is 6.26 Å². The second kappa shape index (κ2) is 8.65. The van der Waals surface area contributed by atoms with E-state index >= 15 is 0 Å². The second-order valence-corrected chi connectivity index (χ2v) is 12.2. The molecule has 1 amide bonds. The molecular formula is C20H18N4O6S3. The Kier molecular flexibility index (Phi) is 6.03. The molecule has 4 rings (SSSR count). The number of hydrogen-bond donors (Lipinski definition) is 1. The van der Waals surface area contributed by atoms with Gasteiger partial charge in [-0.3, -0.25) is 9.52 Å². The third-order valence-corrected chi connectivity index (χ3v) is 8.22. The summed E-state index contributed by atoms with van der Waals surface area (Å²) in [5.41, 5.74) is 2.57. The first-order chi connectivity index (χ1) is 15.5. The Morgan fingerprint density at radius 3 is 2.45 bits per heavy atom. The van der Waals surface area contributed by atoms with Crippen LogP contribution in [-0.2, 0) is 30.4 Å². The summed E-state index contributed by atoms with van der Waals surface area (Å²) in [6.07, 6.45) is 1.01. The molecule has 2 aromatic heterocycles. The molecule has 4 aromatic rings. The van der Waals surface area contributed by atoms with E-state index in [4.69, 9.17) is 4.42 Å². The third kappa shape index (κ3) is 5.26. The number of hydrogen-bond acceptors (Lipinski definition) is 10. The fourth-order valence-electron chi connectivity index (χ4n) is 3.19. The molecular weight excluding hydrogens is 488 g/mol. The molecule has 0 bridgehead atoms. The largest absolute Gasteiger partial charge is 0.422 e. The van der Waals surface area contributed by atoms with Crippen molar-refractivity contribution in [3.63, 3.8) is 0 Å². The molecule has 0 saturated heterocycles. The van der Waals surface area contributed by atoms with E-state index in [2.05, 4.69) is 15.2 Å². The molecule has 13 heteroatoms. The van der Waals surface area contributed by atoms with Crippen molar-refractivity contribution in [1.29, 1.82) is 0 Å². The molecule has 0 aliphatic carbocycles. The second-order valence-electron chi connectivity index (χ2n) is 7.26. The van der Waals surface area contributed by atoms with Crippen LogP contribution in [0, 0.1) is 0 Å². The number of sulfone groups is 1. The number of nitrogens with one attached hydrogen (secondary N) is 1. The Bertz CT molecular complexity index is 1540. The number of amides is 1. The van der Waals surface area contributed by atoms with E-state index in [0.29, 0.717) is 5.52 Å². The number of sulfonamides is 1. The minimum absolute atomic E-state index is 0.220. The first kappa shape index (κ1) is 23.0. The van der Waals surface area contributed by atoms with Gasteiger partial charge in [0.15, 0.2) is 15.1 Å². The van der Waals surface area contributed by atoms with Gasteiger partial charge in [-0.2, -0.15) is 0 Å². The van der Waals surface area contributed by atoms with Crippen LogP contribution in [0.25, 0.3) is 21.3 Å². The number of fused-ring (bicyclic) bond motifs is 1. The number of rotatable bonds is 7. The molecule has 0 aliphatic heterocycles. The maximum atomic E-state index is 12.6. The van der Waals surface area contributed by atoms with Crippen molar-refractivity contribution in [1.82, 2.24) is 19.9 Å². The highest BCUT2D eigenvalue weighted by atomic mass is 32.2. The van der Waals surface area contributed by atoms with Gasteiger partial charge in [-0.25, -0.2) is 21.8 Å². The molecule has 172 valence electrons. The zero-order valence-electron chi connectivity index (χ0n) is 17.4. The molecule has 0 saturated carbocycles. The summed E-state index contributed by atoms with van der Waals surface area (Å²) in [7, 11) is -7.85. The average molecular weight is 507 g/mol. The minimum atomic E-state index is -4.06. The average Bonchev–Trinajstić information content (AvgIpc) is 3.32. The Labute approximate surface area is 193 Å². The molecule has 0 spiro atoms. The molecule has 0 aliphatic rings. The lowest BCUT2D eigenvalue weighted by Gasteiger charge is -2.07. The molecule has 2 heterocycles. The fraction of sp³-hybridized carbons (Fsp3) is 0.200. The summed E-state index contributed by atoms with van der Waals surface area (Å²) in [5.74, 6) is -2.18. The molecule has 10 nitrogen and oxygen atoms in total. The summed E-state index contributed by atoms with van der Waals surface area (Å²) in [6.45, 7) is 1.05. The van der Waals surface area contributed by atoms with E-state index in [9.17, 15) is 21.6 Å². The van der Waals surface area contributed by atoms with Gasteiger partial charge in [0, 0.05) is 13.2 Å². The van der Waals surface area contributed by atoms with Crippen molar-refractivity contribution in [2.24, 2.45) is 0 Å². The van der Waals surface area contributed by atoms with Crippen LogP contribution >= 0.6 is 11.3 Å². The summed E-state index contributed by atoms with van der Waals surface area (Å²) in [5, 5.41) is 6.25. The quantitative estimate of drug-likeness (QED) is 0.399. The first-order valence-electron chi connectivity index (χ1n) is 9.50. The number of carbonyl (C=O) groups is 1. The van der Waals surface area contributed by atoms with E-state index in [1.807, 2.05) is 42.5 Å². The van der Waals surface area contributed by atoms with Crippen LogP contribution in [0.15, 0.2) is 52.9 Å². The normalized spacial score (nSPS) is 13.2. The van der Waals surface area contributed by atoms with Gasteiger partial charge in [0.25, 0.3) is 0 Å². The summed E-state index contributed by atoms with van der Waals surface area (Å²) >= 11 is 1.17. The van der Waals surface area contributed by atoms with Gasteiger partial charge in [0.05, 0.1) is 10.2 Å². The monoisotopic (exact) mass is 506 g/mol. The first-order valence-corrected chi connectivity index (χ1v) is 13.9. The van der Waals surface area contributed by atoms with Crippen LogP contribution in [0.4, 0.5) is 0 Å². The van der Waals surface area contributed by atoms with Crippen molar-refractivity contribution in [3.05, 3.63) is 65.3 Å². The Morgan fingerprint density at radius 1 is 1.06 bits per heavy atom. The van der Waals surface area contributed by atoms with Gasteiger partial charge in [-0.1, -0.05) is 36.4 Å². The van der Waals surface area contributed by atoms with Crippen molar-refractivity contribution >= 4 is 47.3 Å². The van der Waals surface area contributed by atoms with Gasteiger partial charge < -0.3 is 4.42 Å². The summed E-state index contributed by atoms with van der Waals surface area (Å²) in [6, 6.07) is 15.3. The highest BCUT2D eigenvalue weighted by molar-refractivity contribution is 7.91. The van der Waals surface area contributed by atoms with E-state index in [1.165, 1.54) is 11.3 Å². The van der Waals surface area contributed by atoms with Crippen molar-refractivity contribution in [3.8, 4) is 11.1 Å². The number of carbonyl (C=O) groups excluding carboxylic acids is 1. The lowest BCUT2D eigenvalue weighted by Crippen LogP contribution is -2.29. The SMILES string of the molecule is CC(=O)NS(=O)(=O)Cc1nnc(C(c2nc3ccc(-c4ccccc4)cc3s2)S(C)(=O)=O)o1. The zero-order valence-corrected chi connectivity index (χ0v) is 19.9. The highest BCUT2D eigenvalue weighted by Gasteiger charge is 2.34. The molecule has 33 heavy (non-hydrogen) atoms. The van der Waals surface area contributed by atoms with Crippen LogP contribution in [-0.4, -0.2) is 44.2 Å². The van der Waals surface area contributed by atoms with Crippen molar-refractivity contribution in [2.45, 2.75) is 17.9 Å². The fourth-order valence-corrected chi connectivity index (χ4v) is 6.67. The van der Waals surface area contributed by atoms with Gasteiger partial charge in [-0.15, -0.1) is 21.5 Å². The molecule has 0 radical (unpaired) electrons. The predicted molar refractivity (Wildman–Crippen MR) is 122 cm³/mol. The third-order valence-electron chi connectivity index (χ3n) is 4.48. The maximum absolute atomic E-state index is 12.6. The Balaban J connectivity index is 1.70. The minimum Gasteiger partial charge on any atom is -0.422 e. The number of aromatic nitrogens is 3. The Morgan fingerprint density at radius 2 is 1.79 bits per heavy atom. The van der Waals surface area contributed by atoms with Gasteiger partial charge in [-0.05, 0) is 23.3 Å². The molecule has 0 fully saturated rings. The number of nitrogens with zero attached hydrogens (tertiary/aromatic N) is 3. The van der Waals surface area contributed by atoms with Crippen LogP contribution in [0.5, 0.6) is 0 Å². The lowest BCUT2D eigenvalue weighted by atomic mass is 10.1. The van der Waals surface area contributed by atoms with Gasteiger partial charge >= 0.3 is 0 Å². The molecule has 2 aromatic carbocycles. The predicted octanol–water partition coefficient (Wildman–Crippen LogP) is 2.45. The lowest BCUT2D eigenvalue weighted by molar-refractivity contribution is -0.117. The van der Waals surface area contributed by atoms with E-state index < -0.39 is 36.8 Å². The zero-order chi connectivity index (χ0) is 23.8. The topological polar surface area (TPSA) is 149 Å². The van der Waals surface area contributed by atoms with Crippen LogP contribution in [0.3, 0.4) is 0 Å². The molecule has 1 unspecified atom stereocenters. The van der Waals surface area contributed by atoms with Crippen LogP contribution in [0.1, 0.15) is 29.0 Å². The van der Waals surface area contributed by atoms with Crippen molar-refractivity contribution < 1.29 is 26.0 Å². The summed E-state index contributed by atoms with van der Waals surface area (Å²) in [4.78, 5) is 15.5. The van der Waals surface area contributed by atoms with E-state index in [0.717, 1.165) is 29.0 Å². The van der Waals surface area contributed by atoms with E-state index in [-0.39, 0.29) is 16.8 Å². The summed E-state index contributed by atoms with van der Waals surface area (Å²) < 4.78 is 57.0. The standard InChI is InChI=1S/C20H18N4O6S3/c1-12(25)24-33(28,29)11-17-22-23-19(30-17)18(32(2,26)27)20-21-15-9-8-14(10-16(15)31-20)13-6-4-3-5-7-13/h3-10,18H,11H2,1-2H3,(H,24,25). The Hall–Kier alpha value is -3.16. The van der Waals surface area contributed by atoms with Gasteiger partial charge in [0.1, 0.15) is 10.8 Å². The van der Waals surface area contributed by atoms with Gasteiger partial charge in [0.2, 0.25) is 27.7 Å². The van der Waals surface area contributed by atoms with E-state index in [1.54, 1.807) is 10.8 Å². The maximum Gasteiger partial charge on any atom is 0.243 e. The molecule has 1 atom stereocenters.